The highest BCUT2D eigenvalue weighted by Gasteiger charge is 2.21. The maximum Gasteiger partial charge on any atom is 0.394 e. The van der Waals surface area contributed by atoms with E-state index in [4.69, 9.17) is 27.0 Å². The summed E-state index contributed by atoms with van der Waals surface area (Å²) in [6, 6.07) is 25.8. The summed E-state index contributed by atoms with van der Waals surface area (Å²) < 4.78 is 42.9. The summed E-state index contributed by atoms with van der Waals surface area (Å²) in [5.74, 6) is 1.68. The maximum absolute atomic E-state index is 10.6. The van der Waals surface area contributed by atoms with Crippen LogP contribution < -0.4 is 14.8 Å². The van der Waals surface area contributed by atoms with Gasteiger partial charge in [0.05, 0.1) is 13.2 Å². The van der Waals surface area contributed by atoms with Crippen LogP contribution in [0.3, 0.4) is 0 Å². The van der Waals surface area contributed by atoms with Crippen LogP contribution in [0, 0.1) is 0 Å². The molecule has 1 atom stereocenters. The molecular formula is C26H33NO7S. The second-order valence-electron chi connectivity index (χ2n) is 8.56. The zero-order valence-electron chi connectivity index (χ0n) is 20.1. The summed E-state index contributed by atoms with van der Waals surface area (Å²) in [4.78, 5) is 0. The molecule has 0 aromatic heterocycles. The van der Waals surface area contributed by atoms with Crippen molar-refractivity contribution >= 4 is 10.4 Å². The van der Waals surface area contributed by atoms with Gasteiger partial charge in [0, 0.05) is 12.1 Å². The van der Waals surface area contributed by atoms with Gasteiger partial charge in [-0.05, 0) is 55.2 Å². The molecule has 9 heteroatoms. The summed E-state index contributed by atoms with van der Waals surface area (Å²) in [6.07, 6.45) is 0.209. The molecule has 190 valence electrons. The number of rotatable bonds is 10. The monoisotopic (exact) mass is 503 g/mol. The largest absolute Gasteiger partial charge is 0.496 e. The van der Waals surface area contributed by atoms with E-state index < -0.39 is 16.5 Å². The van der Waals surface area contributed by atoms with Crippen molar-refractivity contribution in [1.29, 1.82) is 0 Å². The summed E-state index contributed by atoms with van der Waals surface area (Å²) in [5, 5.41) is 14.1. The summed E-state index contributed by atoms with van der Waals surface area (Å²) in [7, 11) is -2.98. The molecule has 8 nitrogen and oxygen atoms in total. The van der Waals surface area contributed by atoms with Gasteiger partial charge in [0.15, 0.2) is 0 Å². The number of nitrogens with one attached hydrogen (secondary N) is 1. The predicted octanol–water partition coefficient (Wildman–Crippen LogP) is 4.27. The maximum atomic E-state index is 10.6. The number of β-amino-alcohol motifs (C(OH)–C–C–N with tert-alkyl or cyclic N) is 1. The van der Waals surface area contributed by atoms with Crippen molar-refractivity contribution in [1.82, 2.24) is 5.32 Å². The number of para-hydroxylation sites is 1. The first kappa shape index (κ1) is 28.3. The topological polar surface area (TPSA) is 125 Å². The Labute approximate surface area is 207 Å². The lowest BCUT2D eigenvalue weighted by atomic mass is 9.94. The SMILES string of the molecule is COc1ccccc1CC(C)(C)NCC(O)c1ccc(OCc2ccccc2)cc1.O=S(=O)(O)O. The van der Waals surface area contributed by atoms with Crippen molar-refractivity contribution in [2.24, 2.45) is 0 Å². The molecule has 3 rings (SSSR count). The third kappa shape index (κ3) is 11.3. The van der Waals surface area contributed by atoms with E-state index in [2.05, 4.69) is 25.2 Å². The van der Waals surface area contributed by atoms with Gasteiger partial charge < -0.3 is 19.9 Å². The molecule has 0 spiro atoms. The van der Waals surface area contributed by atoms with Crippen LogP contribution in [0.2, 0.25) is 0 Å². The van der Waals surface area contributed by atoms with Crippen molar-refractivity contribution < 1.29 is 32.1 Å². The third-order valence-electron chi connectivity index (χ3n) is 5.11. The van der Waals surface area contributed by atoms with Gasteiger partial charge in [0.25, 0.3) is 0 Å². The Morgan fingerprint density at radius 1 is 0.914 bits per heavy atom. The molecule has 0 aliphatic heterocycles. The number of hydrogen-bond acceptors (Lipinski definition) is 6. The number of aliphatic hydroxyl groups excluding tert-OH is 1. The standard InChI is InChI=1S/C26H31NO3.H2O4S/c1-26(2,17-22-11-7-8-12-25(22)29-3)27-18-24(28)21-13-15-23(16-14-21)30-19-20-9-5-4-6-10-20;1-5(2,3)4/h4-16,24,27-28H,17-19H2,1-3H3;(H2,1,2,3,4). The fourth-order valence-corrected chi connectivity index (χ4v) is 3.41. The Hall–Kier alpha value is -2.95. The molecule has 0 fully saturated rings. The van der Waals surface area contributed by atoms with Gasteiger partial charge in [-0.3, -0.25) is 9.11 Å². The van der Waals surface area contributed by atoms with Gasteiger partial charge in [-0.1, -0.05) is 60.7 Å². The van der Waals surface area contributed by atoms with Crippen molar-refractivity contribution in [3.63, 3.8) is 0 Å². The van der Waals surface area contributed by atoms with E-state index in [1.807, 2.05) is 72.8 Å². The summed E-state index contributed by atoms with van der Waals surface area (Å²) in [5.41, 5.74) is 2.95. The summed E-state index contributed by atoms with van der Waals surface area (Å²) in [6.45, 7) is 5.26. The Morgan fingerprint density at radius 2 is 1.49 bits per heavy atom. The van der Waals surface area contributed by atoms with E-state index in [-0.39, 0.29) is 5.54 Å². The minimum absolute atomic E-state index is 0.186. The van der Waals surface area contributed by atoms with E-state index >= 15 is 0 Å². The van der Waals surface area contributed by atoms with Crippen LogP contribution in [0.4, 0.5) is 0 Å². The third-order valence-corrected chi connectivity index (χ3v) is 5.11. The zero-order valence-corrected chi connectivity index (χ0v) is 20.9. The predicted molar refractivity (Wildman–Crippen MR) is 135 cm³/mol. The molecule has 0 saturated heterocycles. The highest BCUT2D eigenvalue weighted by Crippen LogP contribution is 2.24. The first-order valence-corrected chi connectivity index (χ1v) is 12.4. The lowest BCUT2D eigenvalue weighted by Gasteiger charge is -2.28. The molecule has 0 saturated carbocycles. The average Bonchev–Trinajstić information content (AvgIpc) is 2.81. The van der Waals surface area contributed by atoms with Crippen LogP contribution in [0.1, 0.15) is 36.6 Å². The van der Waals surface area contributed by atoms with Crippen LogP contribution in [0.5, 0.6) is 11.5 Å². The quantitative estimate of drug-likeness (QED) is 0.302. The second kappa shape index (κ2) is 13.2. The van der Waals surface area contributed by atoms with Crippen LogP contribution in [-0.4, -0.2) is 41.8 Å². The number of benzene rings is 3. The van der Waals surface area contributed by atoms with E-state index in [0.717, 1.165) is 34.6 Å². The van der Waals surface area contributed by atoms with Crippen molar-refractivity contribution in [2.75, 3.05) is 13.7 Å². The van der Waals surface area contributed by atoms with Crippen LogP contribution in [0.25, 0.3) is 0 Å². The molecule has 0 aliphatic carbocycles. The van der Waals surface area contributed by atoms with Gasteiger partial charge in [-0.25, -0.2) is 0 Å². The fourth-order valence-electron chi connectivity index (χ4n) is 3.41. The van der Waals surface area contributed by atoms with Crippen molar-refractivity contribution in [2.45, 2.75) is 38.5 Å². The number of ether oxygens (including phenoxy) is 2. The fraction of sp³-hybridized carbons (Fsp3) is 0.308. The Bertz CT molecular complexity index is 1130. The lowest BCUT2D eigenvalue weighted by molar-refractivity contribution is 0.160. The molecule has 4 N–H and O–H groups in total. The molecule has 1 unspecified atom stereocenters. The van der Waals surface area contributed by atoms with Gasteiger partial charge >= 0.3 is 10.4 Å². The Morgan fingerprint density at radius 3 is 2.09 bits per heavy atom. The first-order chi connectivity index (χ1) is 16.5. The molecule has 35 heavy (non-hydrogen) atoms. The molecule has 0 amide bonds. The molecule has 0 bridgehead atoms. The highest BCUT2D eigenvalue weighted by atomic mass is 32.3. The van der Waals surface area contributed by atoms with E-state index in [1.165, 1.54) is 0 Å². The molecule has 3 aromatic carbocycles. The van der Waals surface area contributed by atoms with Gasteiger partial charge in [0.1, 0.15) is 18.1 Å². The number of aliphatic hydroxyl groups is 1. The second-order valence-corrected chi connectivity index (χ2v) is 9.46. The van der Waals surface area contributed by atoms with Crippen LogP contribution in [0.15, 0.2) is 78.9 Å². The molecular weight excluding hydrogens is 470 g/mol. The minimum Gasteiger partial charge on any atom is -0.496 e. The number of methoxy groups -OCH3 is 1. The van der Waals surface area contributed by atoms with E-state index in [9.17, 15) is 5.11 Å². The number of hydrogen-bond donors (Lipinski definition) is 4. The molecule has 0 radical (unpaired) electrons. The first-order valence-electron chi connectivity index (χ1n) is 11.0. The Kier molecular flexibility index (Phi) is 10.7. The highest BCUT2D eigenvalue weighted by molar-refractivity contribution is 7.79. The van der Waals surface area contributed by atoms with E-state index in [0.29, 0.717) is 13.2 Å². The van der Waals surface area contributed by atoms with Crippen LogP contribution in [-0.2, 0) is 23.4 Å². The summed E-state index contributed by atoms with van der Waals surface area (Å²) >= 11 is 0. The van der Waals surface area contributed by atoms with Gasteiger partial charge in [0.2, 0.25) is 0 Å². The van der Waals surface area contributed by atoms with Crippen molar-refractivity contribution in [3.8, 4) is 11.5 Å². The zero-order chi connectivity index (χ0) is 25.9. The smallest absolute Gasteiger partial charge is 0.394 e. The normalized spacial score (nSPS) is 12.3. The Balaban J connectivity index is 0.000000784. The van der Waals surface area contributed by atoms with Crippen LogP contribution >= 0.6 is 0 Å². The lowest BCUT2D eigenvalue weighted by Crippen LogP contribution is -2.43. The van der Waals surface area contributed by atoms with Gasteiger partial charge in [-0.15, -0.1) is 0 Å². The molecule has 0 aliphatic rings. The molecule has 3 aromatic rings. The minimum atomic E-state index is -4.67. The van der Waals surface area contributed by atoms with E-state index in [1.54, 1.807) is 7.11 Å². The average molecular weight is 504 g/mol. The van der Waals surface area contributed by atoms with Crippen molar-refractivity contribution in [3.05, 3.63) is 95.6 Å². The van der Waals surface area contributed by atoms with Gasteiger partial charge in [-0.2, -0.15) is 8.42 Å². The molecule has 0 heterocycles.